The Hall–Kier alpha value is 0.799. The second-order valence-electron chi connectivity index (χ2n) is 3.94. The molecule has 0 amide bonds. The van der Waals surface area contributed by atoms with Crippen molar-refractivity contribution in [2.75, 3.05) is 0 Å². The van der Waals surface area contributed by atoms with Gasteiger partial charge in [0.15, 0.2) is 0 Å². The summed E-state index contributed by atoms with van der Waals surface area (Å²) in [6.07, 6.45) is 10.3. The average molecular weight is 289 g/mol. The zero-order valence-corrected chi connectivity index (χ0v) is 12.6. The van der Waals surface area contributed by atoms with Crippen molar-refractivity contribution >= 4 is 21.1 Å². The fourth-order valence-corrected chi connectivity index (χ4v) is 7.00. The van der Waals surface area contributed by atoms with E-state index in [-0.39, 0.29) is 21.1 Å². The van der Waals surface area contributed by atoms with Gasteiger partial charge in [-0.15, -0.1) is 0 Å². The summed E-state index contributed by atoms with van der Waals surface area (Å²) in [4.78, 5) is 0. The Labute approximate surface area is 95.1 Å². The van der Waals surface area contributed by atoms with Crippen LogP contribution in [-0.2, 0) is 0 Å². The van der Waals surface area contributed by atoms with Crippen LogP contribution in [0.2, 0.25) is 8.37 Å². The van der Waals surface area contributed by atoms with E-state index in [1.54, 1.807) is 4.44 Å². The Morgan fingerprint density at radius 1 is 0.846 bits per heavy atom. The van der Waals surface area contributed by atoms with Crippen molar-refractivity contribution in [3.8, 4) is 0 Å². The van der Waals surface area contributed by atoms with Crippen LogP contribution in [0, 0.1) is 0 Å². The van der Waals surface area contributed by atoms with Gasteiger partial charge in [0.25, 0.3) is 0 Å². The summed E-state index contributed by atoms with van der Waals surface area (Å²) in [5.41, 5.74) is 0. The predicted molar refractivity (Wildman–Crippen MR) is 63.7 cm³/mol. The molecule has 0 nitrogen and oxygen atoms in total. The van der Waals surface area contributed by atoms with Crippen molar-refractivity contribution in [2.24, 2.45) is 0 Å². The van der Waals surface area contributed by atoms with Crippen LogP contribution in [0.5, 0.6) is 0 Å². The van der Waals surface area contributed by atoms with Crippen molar-refractivity contribution < 1.29 is 0 Å². The quantitative estimate of drug-likeness (QED) is 0.427. The van der Waals surface area contributed by atoms with E-state index in [9.17, 15) is 0 Å². The molecule has 0 atom stereocenters. The topological polar surface area (TPSA) is 0 Å². The molecule has 0 aromatic rings. The second kappa shape index (κ2) is 10.9. The van der Waals surface area contributed by atoms with Gasteiger partial charge in [0.05, 0.1) is 0 Å². The normalized spacial score (nSPS) is 11.1. The molecular formula is C12H26Sn. The van der Waals surface area contributed by atoms with Crippen molar-refractivity contribution in [1.82, 2.24) is 0 Å². The first-order valence-electron chi connectivity index (χ1n) is 6.08. The van der Waals surface area contributed by atoms with Gasteiger partial charge in [-0.2, -0.15) is 0 Å². The third kappa shape index (κ3) is 9.11. The van der Waals surface area contributed by atoms with E-state index in [1.165, 1.54) is 48.9 Å². The molecule has 0 aromatic carbocycles. The standard InChI is InChI=1S/C7H15.C5H11.Sn/c1-3-5-7-6-4-2;1-3-5-4-2;/h7H,3-6H2,1-2H3;1,3-5H2,2H3;. The number of rotatable bonds is 9. The molecule has 1 heteroatoms. The van der Waals surface area contributed by atoms with Gasteiger partial charge in [-0.25, -0.2) is 0 Å². The molecule has 0 saturated heterocycles. The summed E-state index contributed by atoms with van der Waals surface area (Å²) in [5, 5.41) is 0. The van der Waals surface area contributed by atoms with Crippen LogP contribution in [0.25, 0.3) is 0 Å². The number of unbranched alkanes of at least 4 members (excludes halogenated alkanes) is 2. The van der Waals surface area contributed by atoms with Crippen LogP contribution < -0.4 is 0 Å². The third-order valence-corrected chi connectivity index (χ3v) is 7.62. The summed E-state index contributed by atoms with van der Waals surface area (Å²) in [6, 6.07) is 0. The maximum atomic E-state index is 2.34. The van der Waals surface area contributed by atoms with E-state index >= 15 is 0 Å². The van der Waals surface area contributed by atoms with Crippen LogP contribution in [0.3, 0.4) is 0 Å². The molecule has 2 radical (unpaired) electrons. The Balaban J connectivity index is 3.33. The van der Waals surface area contributed by atoms with Gasteiger partial charge >= 0.3 is 95.2 Å². The summed E-state index contributed by atoms with van der Waals surface area (Å²) in [6.45, 7) is 6.99. The molecule has 0 heterocycles. The zero-order chi connectivity index (χ0) is 9.94. The monoisotopic (exact) mass is 290 g/mol. The average Bonchev–Trinajstić information content (AvgIpc) is 2.13. The van der Waals surface area contributed by atoms with Crippen LogP contribution in [-0.4, -0.2) is 21.1 Å². The number of hydrogen-bond donors (Lipinski definition) is 0. The predicted octanol–water partition coefficient (Wildman–Crippen LogP) is 4.69. The van der Waals surface area contributed by atoms with Crippen molar-refractivity contribution in [2.45, 2.75) is 74.1 Å². The van der Waals surface area contributed by atoms with E-state index in [2.05, 4.69) is 20.8 Å². The summed E-state index contributed by atoms with van der Waals surface area (Å²) < 4.78 is 2.84. The van der Waals surface area contributed by atoms with E-state index < -0.39 is 0 Å². The molecule has 13 heavy (non-hydrogen) atoms. The van der Waals surface area contributed by atoms with Crippen molar-refractivity contribution in [1.29, 1.82) is 0 Å². The van der Waals surface area contributed by atoms with E-state index in [0.29, 0.717) is 0 Å². The van der Waals surface area contributed by atoms with Gasteiger partial charge in [-0.05, 0) is 0 Å². The molecule has 0 aliphatic rings. The minimum atomic E-state index is 0.0131. The fourth-order valence-electron chi connectivity index (χ4n) is 1.73. The van der Waals surface area contributed by atoms with Crippen LogP contribution in [0.1, 0.15) is 65.7 Å². The molecule has 0 aromatic heterocycles. The van der Waals surface area contributed by atoms with Crippen molar-refractivity contribution in [3.05, 3.63) is 0 Å². The molecule has 0 aliphatic heterocycles. The van der Waals surface area contributed by atoms with Gasteiger partial charge in [-0.3, -0.25) is 0 Å². The third-order valence-electron chi connectivity index (χ3n) is 2.49. The van der Waals surface area contributed by atoms with Crippen LogP contribution in [0.4, 0.5) is 0 Å². The maximum absolute atomic E-state index is 2.34. The van der Waals surface area contributed by atoms with Crippen molar-refractivity contribution in [3.63, 3.8) is 0 Å². The molecule has 0 fully saturated rings. The van der Waals surface area contributed by atoms with Crippen LogP contribution in [0.15, 0.2) is 0 Å². The van der Waals surface area contributed by atoms with E-state index in [4.69, 9.17) is 0 Å². The summed E-state index contributed by atoms with van der Waals surface area (Å²) in [7, 11) is 0. The molecule has 0 spiro atoms. The number of hydrogen-bond acceptors (Lipinski definition) is 0. The Kier molecular flexibility index (Phi) is 11.5. The SMILES string of the molecule is CCCC[CH2][Sn][CH](CCC)CCC. The van der Waals surface area contributed by atoms with Gasteiger partial charge in [0, 0.05) is 0 Å². The molecule has 0 rings (SSSR count). The Morgan fingerprint density at radius 3 is 1.92 bits per heavy atom. The van der Waals surface area contributed by atoms with Gasteiger partial charge < -0.3 is 0 Å². The van der Waals surface area contributed by atoms with Gasteiger partial charge in [-0.1, -0.05) is 0 Å². The molecular weight excluding hydrogens is 263 g/mol. The second-order valence-corrected chi connectivity index (χ2v) is 8.86. The van der Waals surface area contributed by atoms with Gasteiger partial charge in [0.1, 0.15) is 0 Å². The first-order valence-corrected chi connectivity index (χ1v) is 9.75. The summed E-state index contributed by atoms with van der Waals surface area (Å²) in [5.74, 6) is 0. The molecule has 0 saturated carbocycles. The summed E-state index contributed by atoms with van der Waals surface area (Å²) >= 11 is 0.0131. The first-order chi connectivity index (χ1) is 6.35. The molecule has 0 aliphatic carbocycles. The fraction of sp³-hybridized carbons (Fsp3) is 1.00. The molecule has 0 unspecified atom stereocenters. The van der Waals surface area contributed by atoms with E-state index in [0.717, 1.165) is 0 Å². The Bertz CT molecular complexity index is 85.1. The molecule has 0 N–H and O–H groups in total. The van der Waals surface area contributed by atoms with Gasteiger partial charge in [0.2, 0.25) is 0 Å². The van der Waals surface area contributed by atoms with E-state index in [1.807, 2.05) is 0 Å². The Morgan fingerprint density at radius 2 is 1.46 bits per heavy atom. The first kappa shape index (κ1) is 13.8. The molecule has 78 valence electrons. The van der Waals surface area contributed by atoms with Crippen LogP contribution >= 0.6 is 0 Å². The zero-order valence-electron chi connectivity index (χ0n) is 9.73. The molecule has 0 bridgehead atoms. The minimum absolute atomic E-state index is 0.0131.